The average Bonchev–Trinajstić information content (AvgIpc) is 2.93. The Morgan fingerprint density at radius 3 is 2.74 bits per heavy atom. The first-order valence-corrected chi connectivity index (χ1v) is 5.90. The zero-order chi connectivity index (χ0) is 13.8. The van der Waals surface area contributed by atoms with Crippen molar-refractivity contribution in [3.05, 3.63) is 48.3 Å². The summed E-state index contributed by atoms with van der Waals surface area (Å²) in [6, 6.07) is 8.17. The Hall–Kier alpha value is -2.27. The molecule has 0 bridgehead atoms. The van der Waals surface area contributed by atoms with E-state index in [0.29, 0.717) is 12.1 Å². The fourth-order valence-electron chi connectivity index (χ4n) is 1.89. The van der Waals surface area contributed by atoms with E-state index in [2.05, 4.69) is 4.74 Å². The van der Waals surface area contributed by atoms with Crippen LogP contribution in [0.1, 0.15) is 5.56 Å². The minimum atomic E-state index is -0.702. The van der Waals surface area contributed by atoms with Crippen molar-refractivity contribution in [3.8, 4) is 11.4 Å². The van der Waals surface area contributed by atoms with Gasteiger partial charge in [-0.05, 0) is 36.2 Å². The molecule has 0 unspecified atom stereocenters. The number of hydrogen-bond donors (Lipinski definition) is 2. The van der Waals surface area contributed by atoms with Crippen molar-refractivity contribution in [2.45, 2.75) is 12.5 Å². The lowest BCUT2D eigenvalue weighted by molar-refractivity contribution is -0.142. The van der Waals surface area contributed by atoms with Gasteiger partial charge in [-0.15, -0.1) is 0 Å². The summed E-state index contributed by atoms with van der Waals surface area (Å²) in [5, 5.41) is 9.85. The second kappa shape index (κ2) is 5.58. The molecule has 0 fully saturated rings. The predicted molar refractivity (Wildman–Crippen MR) is 71.1 cm³/mol. The zero-order valence-electron chi connectivity index (χ0n) is 10.6. The van der Waals surface area contributed by atoms with Crippen LogP contribution in [0.5, 0.6) is 5.75 Å². The summed E-state index contributed by atoms with van der Waals surface area (Å²) < 4.78 is 6.39. The van der Waals surface area contributed by atoms with E-state index in [1.54, 1.807) is 22.8 Å². The fourth-order valence-corrected chi connectivity index (χ4v) is 1.89. The van der Waals surface area contributed by atoms with Crippen LogP contribution >= 0.6 is 0 Å². The van der Waals surface area contributed by atoms with Crippen LogP contribution in [0.2, 0.25) is 0 Å². The van der Waals surface area contributed by atoms with Gasteiger partial charge in [-0.1, -0.05) is 6.07 Å². The monoisotopic (exact) mass is 260 g/mol. The number of esters is 1. The van der Waals surface area contributed by atoms with Gasteiger partial charge in [0, 0.05) is 12.4 Å². The van der Waals surface area contributed by atoms with Crippen LogP contribution in [-0.2, 0) is 16.0 Å². The molecular weight excluding hydrogens is 244 g/mol. The first kappa shape index (κ1) is 13.2. The maximum atomic E-state index is 11.3. The van der Waals surface area contributed by atoms with E-state index < -0.39 is 12.0 Å². The molecule has 0 aliphatic heterocycles. The summed E-state index contributed by atoms with van der Waals surface area (Å²) >= 11 is 0. The van der Waals surface area contributed by atoms with Crippen LogP contribution in [0.15, 0.2) is 42.7 Å². The molecule has 0 amide bonds. The van der Waals surface area contributed by atoms with Gasteiger partial charge in [-0.2, -0.15) is 0 Å². The van der Waals surface area contributed by atoms with E-state index in [1.807, 2.05) is 24.5 Å². The topological polar surface area (TPSA) is 77.5 Å². The van der Waals surface area contributed by atoms with Gasteiger partial charge < -0.3 is 20.1 Å². The summed E-state index contributed by atoms with van der Waals surface area (Å²) in [5.41, 5.74) is 7.24. The molecule has 0 aliphatic rings. The lowest BCUT2D eigenvalue weighted by Crippen LogP contribution is -2.33. The third-order valence-corrected chi connectivity index (χ3v) is 2.88. The van der Waals surface area contributed by atoms with Crippen molar-refractivity contribution in [1.82, 2.24) is 4.57 Å². The Morgan fingerprint density at radius 1 is 1.42 bits per heavy atom. The number of ether oxygens (including phenoxy) is 1. The smallest absolute Gasteiger partial charge is 0.322 e. The molecule has 1 atom stereocenters. The number of nitrogens with two attached hydrogens (primary N) is 1. The number of nitrogens with zero attached hydrogens (tertiary/aromatic N) is 1. The van der Waals surface area contributed by atoms with Crippen LogP contribution in [-0.4, -0.2) is 28.8 Å². The molecule has 0 spiro atoms. The summed E-state index contributed by atoms with van der Waals surface area (Å²) in [6.45, 7) is 0. The van der Waals surface area contributed by atoms with Crippen LogP contribution in [0.25, 0.3) is 5.69 Å². The standard InChI is InChI=1S/C14H16N2O3/c1-19-14(18)11(15)8-10-4-5-13(17)12(9-10)16-6-2-3-7-16/h2-7,9,11,17H,8,15H2,1H3/t11-/m0/s1. The number of phenolic OH excluding ortho intramolecular Hbond substituents is 1. The molecule has 100 valence electrons. The van der Waals surface area contributed by atoms with Crippen molar-refractivity contribution in [3.63, 3.8) is 0 Å². The molecule has 1 aromatic carbocycles. The number of carbonyl (C=O) groups excluding carboxylic acids is 1. The molecule has 0 aliphatic carbocycles. The fraction of sp³-hybridized carbons (Fsp3) is 0.214. The number of hydrogen-bond acceptors (Lipinski definition) is 4. The van der Waals surface area contributed by atoms with Gasteiger partial charge in [0.2, 0.25) is 0 Å². The highest BCUT2D eigenvalue weighted by molar-refractivity contribution is 5.75. The average molecular weight is 260 g/mol. The van der Waals surface area contributed by atoms with Gasteiger partial charge in [-0.3, -0.25) is 4.79 Å². The van der Waals surface area contributed by atoms with Crippen LogP contribution in [0, 0.1) is 0 Å². The van der Waals surface area contributed by atoms with Gasteiger partial charge in [-0.25, -0.2) is 0 Å². The van der Waals surface area contributed by atoms with Crippen molar-refractivity contribution >= 4 is 5.97 Å². The first-order valence-electron chi connectivity index (χ1n) is 5.90. The number of phenols is 1. The van der Waals surface area contributed by atoms with Crippen LogP contribution < -0.4 is 5.73 Å². The normalized spacial score (nSPS) is 12.1. The summed E-state index contributed by atoms with van der Waals surface area (Å²) in [7, 11) is 1.31. The van der Waals surface area contributed by atoms with E-state index in [-0.39, 0.29) is 5.75 Å². The quantitative estimate of drug-likeness (QED) is 0.810. The second-order valence-corrected chi connectivity index (χ2v) is 4.25. The van der Waals surface area contributed by atoms with Crippen molar-refractivity contribution in [1.29, 1.82) is 0 Å². The first-order chi connectivity index (χ1) is 9.11. The molecule has 0 saturated carbocycles. The van der Waals surface area contributed by atoms with E-state index >= 15 is 0 Å². The molecule has 19 heavy (non-hydrogen) atoms. The summed E-state index contributed by atoms with van der Waals surface area (Å²) in [5.74, 6) is -0.276. The third kappa shape index (κ3) is 2.95. The zero-order valence-corrected chi connectivity index (χ0v) is 10.6. The lowest BCUT2D eigenvalue weighted by Gasteiger charge is -2.12. The van der Waals surface area contributed by atoms with Crippen LogP contribution in [0.4, 0.5) is 0 Å². The van der Waals surface area contributed by atoms with Crippen molar-refractivity contribution in [2.75, 3.05) is 7.11 Å². The van der Waals surface area contributed by atoms with E-state index in [9.17, 15) is 9.90 Å². The molecule has 5 heteroatoms. The number of aromatic nitrogens is 1. The SMILES string of the molecule is COC(=O)[C@@H](N)Cc1ccc(O)c(-n2cccc2)c1. The molecule has 0 saturated heterocycles. The number of methoxy groups -OCH3 is 1. The Kier molecular flexibility index (Phi) is 3.87. The molecular formula is C14H16N2O3. The highest BCUT2D eigenvalue weighted by Crippen LogP contribution is 2.23. The van der Waals surface area contributed by atoms with Gasteiger partial charge >= 0.3 is 5.97 Å². The Labute approximate surface area is 111 Å². The highest BCUT2D eigenvalue weighted by Gasteiger charge is 2.15. The maximum Gasteiger partial charge on any atom is 0.322 e. The molecule has 5 nitrogen and oxygen atoms in total. The van der Waals surface area contributed by atoms with Gasteiger partial charge in [0.25, 0.3) is 0 Å². The maximum absolute atomic E-state index is 11.3. The Morgan fingerprint density at radius 2 is 2.11 bits per heavy atom. The highest BCUT2D eigenvalue weighted by atomic mass is 16.5. The summed E-state index contributed by atoms with van der Waals surface area (Å²) in [4.78, 5) is 11.3. The Balaban J connectivity index is 2.24. The molecule has 1 heterocycles. The number of aromatic hydroxyl groups is 1. The number of carbonyl (C=O) groups is 1. The van der Waals surface area contributed by atoms with E-state index in [0.717, 1.165) is 5.56 Å². The molecule has 1 aromatic heterocycles. The number of benzene rings is 1. The lowest BCUT2D eigenvalue weighted by atomic mass is 10.1. The number of rotatable bonds is 4. The molecule has 0 radical (unpaired) electrons. The molecule has 2 rings (SSSR count). The molecule has 3 N–H and O–H groups in total. The van der Waals surface area contributed by atoms with Gasteiger partial charge in [0.1, 0.15) is 11.8 Å². The van der Waals surface area contributed by atoms with Gasteiger partial charge in [0.05, 0.1) is 12.8 Å². The van der Waals surface area contributed by atoms with Crippen molar-refractivity contribution in [2.24, 2.45) is 5.73 Å². The minimum Gasteiger partial charge on any atom is -0.506 e. The minimum absolute atomic E-state index is 0.173. The van der Waals surface area contributed by atoms with Crippen LogP contribution in [0.3, 0.4) is 0 Å². The van der Waals surface area contributed by atoms with Gasteiger partial charge in [0.15, 0.2) is 0 Å². The largest absolute Gasteiger partial charge is 0.506 e. The predicted octanol–water partition coefficient (Wildman–Crippen LogP) is 1.23. The third-order valence-electron chi connectivity index (χ3n) is 2.88. The Bertz CT molecular complexity index is 564. The summed E-state index contributed by atoms with van der Waals surface area (Å²) in [6.07, 6.45) is 4.03. The molecule has 2 aromatic rings. The van der Waals surface area contributed by atoms with E-state index in [4.69, 9.17) is 5.73 Å². The van der Waals surface area contributed by atoms with E-state index in [1.165, 1.54) is 7.11 Å². The second-order valence-electron chi connectivity index (χ2n) is 4.25. The van der Waals surface area contributed by atoms with Crippen molar-refractivity contribution < 1.29 is 14.6 Å².